The van der Waals surface area contributed by atoms with Gasteiger partial charge in [0.05, 0.1) is 9.82 Å². The van der Waals surface area contributed by atoms with Gasteiger partial charge in [-0.25, -0.2) is 18.4 Å². The first kappa shape index (κ1) is 18.6. The smallest absolute Gasteiger partial charge is 0.293 e. The monoisotopic (exact) mass is 365 g/mol. The molecule has 25 heavy (non-hydrogen) atoms. The van der Waals surface area contributed by atoms with Crippen LogP contribution in [0.25, 0.3) is 0 Å². The molecule has 0 atom stereocenters. The van der Waals surface area contributed by atoms with Crippen LogP contribution in [-0.4, -0.2) is 50.7 Å². The maximum Gasteiger partial charge on any atom is 0.293 e. The molecule has 0 amide bonds. The molecule has 0 saturated heterocycles. The number of nitro benzene ring substituents is 1. The van der Waals surface area contributed by atoms with Gasteiger partial charge in [0.1, 0.15) is 5.69 Å². The van der Waals surface area contributed by atoms with E-state index in [-0.39, 0.29) is 10.6 Å². The topological polar surface area (TPSA) is 110 Å². The van der Waals surface area contributed by atoms with Crippen molar-refractivity contribution in [3.05, 3.63) is 46.3 Å². The number of aromatic nitrogens is 2. The number of nitrogens with zero attached hydrogens (tertiary/aromatic N) is 5. The highest BCUT2D eigenvalue weighted by Gasteiger charge is 2.21. The number of hydrogen-bond donors (Lipinski definition) is 0. The van der Waals surface area contributed by atoms with Crippen LogP contribution in [0.3, 0.4) is 0 Å². The number of hydrogen-bond acceptors (Lipinski definition) is 8. The van der Waals surface area contributed by atoms with Crippen molar-refractivity contribution in [2.45, 2.75) is 11.4 Å². The molecule has 0 fully saturated rings. The highest BCUT2D eigenvalue weighted by atomic mass is 32.2. The van der Waals surface area contributed by atoms with E-state index in [0.717, 1.165) is 17.9 Å². The predicted octanol–water partition coefficient (Wildman–Crippen LogP) is 1.49. The van der Waals surface area contributed by atoms with Crippen LogP contribution in [0.2, 0.25) is 0 Å². The van der Waals surface area contributed by atoms with Gasteiger partial charge in [0, 0.05) is 58.0 Å². The van der Waals surface area contributed by atoms with E-state index >= 15 is 0 Å². The summed E-state index contributed by atoms with van der Waals surface area (Å²) in [5.74, 6) is 0.565. The Morgan fingerprint density at radius 3 is 2.24 bits per heavy atom. The zero-order chi connectivity index (χ0) is 18.8. The Balaban J connectivity index is 2.32. The van der Waals surface area contributed by atoms with Crippen molar-refractivity contribution in [2.75, 3.05) is 37.2 Å². The van der Waals surface area contributed by atoms with Crippen molar-refractivity contribution in [1.29, 1.82) is 0 Å². The van der Waals surface area contributed by atoms with Crippen LogP contribution >= 0.6 is 0 Å². The Morgan fingerprint density at radius 1 is 1.16 bits per heavy atom. The molecule has 9 nitrogen and oxygen atoms in total. The van der Waals surface area contributed by atoms with Gasteiger partial charge in [0.2, 0.25) is 5.95 Å². The van der Waals surface area contributed by atoms with Crippen LogP contribution in [0.5, 0.6) is 0 Å². The average Bonchev–Trinajstić information content (AvgIpc) is 2.53. The van der Waals surface area contributed by atoms with Crippen LogP contribution in [0, 0.1) is 10.1 Å². The first-order valence-corrected chi connectivity index (χ1v) is 9.16. The minimum atomic E-state index is -3.52. The van der Waals surface area contributed by atoms with E-state index in [2.05, 4.69) is 9.97 Å². The minimum Gasteiger partial charge on any atom is -0.365 e. The minimum absolute atomic E-state index is 0.0879. The second kappa shape index (κ2) is 7.01. The van der Waals surface area contributed by atoms with Crippen molar-refractivity contribution < 1.29 is 13.3 Å². The lowest BCUT2D eigenvalue weighted by atomic mass is 10.2. The summed E-state index contributed by atoms with van der Waals surface area (Å²) in [7, 11) is 1.82. The summed E-state index contributed by atoms with van der Waals surface area (Å²) in [6.07, 6.45) is 4.31. The summed E-state index contributed by atoms with van der Waals surface area (Å²) in [5.41, 5.74) is 0.819. The van der Waals surface area contributed by atoms with E-state index in [0.29, 0.717) is 18.2 Å². The molecule has 0 N–H and O–H groups in total. The summed E-state index contributed by atoms with van der Waals surface area (Å²) in [6.45, 7) is 0.340. The highest BCUT2D eigenvalue weighted by molar-refractivity contribution is 7.90. The summed E-state index contributed by atoms with van der Waals surface area (Å²) in [5, 5.41) is 11.3. The molecule has 2 aromatic rings. The normalized spacial score (nSPS) is 11.2. The molecule has 0 saturated carbocycles. The molecule has 134 valence electrons. The zero-order valence-electron chi connectivity index (χ0n) is 14.4. The van der Waals surface area contributed by atoms with Crippen molar-refractivity contribution in [3.8, 4) is 0 Å². The van der Waals surface area contributed by atoms with E-state index in [1.54, 1.807) is 29.2 Å². The summed E-state index contributed by atoms with van der Waals surface area (Å²) >= 11 is 0. The van der Waals surface area contributed by atoms with Gasteiger partial charge in [0.25, 0.3) is 5.69 Å². The van der Waals surface area contributed by atoms with Gasteiger partial charge < -0.3 is 9.80 Å². The van der Waals surface area contributed by atoms with E-state index in [1.807, 2.05) is 14.1 Å². The molecule has 0 radical (unpaired) electrons. The SMILES string of the molecule is CN(C)c1ncc(CN(C)c2ccc(S(C)(=O)=O)cc2[N+](=O)[O-])cn1. The van der Waals surface area contributed by atoms with Crippen molar-refractivity contribution >= 4 is 27.2 Å². The Hall–Kier alpha value is -2.75. The van der Waals surface area contributed by atoms with E-state index in [9.17, 15) is 18.5 Å². The Kier molecular flexibility index (Phi) is 5.21. The quantitative estimate of drug-likeness (QED) is 0.559. The highest BCUT2D eigenvalue weighted by Crippen LogP contribution is 2.30. The third-order valence-corrected chi connectivity index (χ3v) is 4.60. The number of benzene rings is 1. The van der Waals surface area contributed by atoms with E-state index in [1.165, 1.54) is 12.1 Å². The van der Waals surface area contributed by atoms with Gasteiger partial charge in [-0.1, -0.05) is 0 Å². The first-order valence-electron chi connectivity index (χ1n) is 7.27. The molecule has 1 heterocycles. The summed E-state index contributed by atoms with van der Waals surface area (Å²) in [4.78, 5) is 22.5. The number of sulfone groups is 1. The molecule has 1 aromatic carbocycles. The molecule has 0 bridgehead atoms. The molecule has 2 rings (SSSR count). The van der Waals surface area contributed by atoms with Gasteiger partial charge in [-0.15, -0.1) is 0 Å². The summed E-state index contributed by atoms with van der Waals surface area (Å²) in [6, 6.07) is 3.87. The second-order valence-corrected chi connectivity index (χ2v) is 7.84. The predicted molar refractivity (Wildman–Crippen MR) is 94.7 cm³/mol. The standard InChI is InChI=1S/C15H19N5O4S/c1-18(2)15-16-8-11(9-17-15)10-19(3)13-6-5-12(25(4,23)24)7-14(13)20(21)22/h5-9H,10H2,1-4H3. The van der Waals surface area contributed by atoms with Gasteiger partial charge in [-0.05, 0) is 12.1 Å². The first-order chi connectivity index (χ1) is 11.6. The fourth-order valence-electron chi connectivity index (χ4n) is 2.22. The number of nitro groups is 1. The van der Waals surface area contributed by atoms with Crippen molar-refractivity contribution in [1.82, 2.24) is 9.97 Å². The van der Waals surface area contributed by atoms with Crippen LogP contribution in [-0.2, 0) is 16.4 Å². The van der Waals surface area contributed by atoms with E-state index < -0.39 is 14.8 Å². The molecule has 0 aliphatic rings. The Labute approximate surface area is 146 Å². The van der Waals surface area contributed by atoms with Crippen LogP contribution < -0.4 is 9.80 Å². The van der Waals surface area contributed by atoms with Crippen molar-refractivity contribution in [3.63, 3.8) is 0 Å². The van der Waals surface area contributed by atoms with Crippen molar-refractivity contribution in [2.24, 2.45) is 0 Å². The van der Waals surface area contributed by atoms with E-state index in [4.69, 9.17) is 0 Å². The maximum absolute atomic E-state index is 11.6. The van der Waals surface area contributed by atoms with Gasteiger partial charge in [0.15, 0.2) is 9.84 Å². The van der Waals surface area contributed by atoms with Gasteiger partial charge in [-0.3, -0.25) is 10.1 Å². The molecule has 0 unspecified atom stereocenters. The van der Waals surface area contributed by atoms with Crippen LogP contribution in [0.15, 0.2) is 35.5 Å². The Morgan fingerprint density at radius 2 is 1.76 bits per heavy atom. The summed E-state index contributed by atoms with van der Waals surface area (Å²) < 4.78 is 23.2. The molecule has 10 heteroatoms. The molecule has 0 aliphatic heterocycles. The third kappa shape index (κ3) is 4.41. The fraction of sp³-hybridized carbons (Fsp3) is 0.333. The maximum atomic E-state index is 11.6. The molecule has 0 spiro atoms. The molecule has 0 aliphatic carbocycles. The number of anilines is 2. The lowest BCUT2D eigenvalue weighted by molar-refractivity contribution is -0.384. The lowest BCUT2D eigenvalue weighted by Crippen LogP contribution is -2.19. The number of rotatable bonds is 6. The fourth-order valence-corrected chi connectivity index (χ4v) is 2.86. The Bertz CT molecular complexity index is 881. The van der Waals surface area contributed by atoms with Gasteiger partial charge in [-0.2, -0.15) is 0 Å². The molecular formula is C15H19N5O4S. The van der Waals surface area contributed by atoms with Crippen LogP contribution in [0.1, 0.15) is 5.56 Å². The zero-order valence-corrected chi connectivity index (χ0v) is 15.2. The molecular weight excluding hydrogens is 346 g/mol. The largest absolute Gasteiger partial charge is 0.365 e. The average molecular weight is 365 g/mol. The third-order valence-electron chi connectivity index (χ3n) is 3.49. The molecule has 1 aromatic heterocycles. The van der Waals surface area contributed by atoms with Gasteiger partial charge >= 0.3 is 0 Å². The lowest BCUT2D eigenvalue weighted by Gasteiger charge is -2.19. The van der Waals surface area contributed by atoms with Crippen LogP contribution in [0.4, 0.5) is 17.3 Å². The second-order valence-electron chi connectivity index (χ2n) is 5.82.